The van der Waals surface area contributed by atoms with Gasteiger partial charge in [0.05, 0.1) is 21.2 Å². The van der Waals surface area contributed by atoms with Crippen molar-refractivity contribution in [1.29, 1.82) is 0 Å². The first-order valence-corrected chi connectivity index (χ1v) is 14.8. The molecule has 0 bridgehead atoms. The van der Waals surface area contributed by atoms with Crippen molar-refractivity contribution < 1.29 is 17.9 Å². The molecule has 1 N–H and O–H groups in total. The Bertz CT molecular complexity index is 1330. The number of amides is 1. The first-order chi connectivity index (χ1) is 18.0. The molecule has 6 nitrogen and oxygen atoms in total. The molecule has 3 aromatic rings. The zero-order chi connectivity index (χ0) is 27.9. The van der Waals surface area contributed by atoms with Crippen LogP contribution in [0, 0.1) is 11.8 Å². The van der Waals surface area contributed by atoms with Crippen LogP contribution < -0.4 is 9.46 Å². The molecule has 0 radical (unpaired) electrons. The molecule has 0 heterocycles. The van der Waals surface area contributed by atoms with Gasteiger partial charge in [0.15, 0.2) is 0 Å². The number of ether oxygens (including phenoxy) is 1. The molecule has 38 heavy (non-hydrogen) atoms. The highest BCUT2D eigenvalue weighted by molar-refractivity contribution is 7.92. The molecule has 1 amide bonds. The van der Waals surface area contributed by atoms with Gasteiger partial charge in [-0.25, -0.2) is 8.42 Å². The molecule has 0 aliphatic heterocycles. The van der Waals surface area contributed by atoms with Crippen molar-refractivity contribution >= 4 is 44.8 Å². The number of hydrogen-bond donors (Lipinski definition) is 1. The van der Waals surface area contributed by atoms with E-state index in [-0.39, 0.29) is 22.1 Å². The largest absolute Gasteiger partial charge is 0.456 e. The zero-order valence-electron chi connectivity index (χ0n) is 22.1. The van der Waals surface area contributed by atoms with Crippen LogP contribution >= 0.6 is 23.2 Å². The van der Waals surface area contributed by atoms with Crippen molar-refractivity contribution in [2.75, 3.05) is 17.8 Å². The summed E-state index contributed by atoms with van der Waals surface area (Å²) >= 11 is 12.4. The molecule has 0 aliphatic rings. The molecule has 0 fully saturated rings. The van der Waals surface area contributed by atoms with E-state index in [9.17, 15) is 13.2 Å². The second-order valence-electron chi connectivity index (χ2n) is 9.96. The molecule has 3 rings (SSSR count). The lowest BCUT2D eigenvalue weighted by molar-refractivity contribution is 0.0742. The van der Waals surface area contributed by atoms with Crippen LogP contribution in [0.2, 0.25) is 10.0 Å². The van der Waals surface area contributed by atoms with E-state index in [1.807, 2.05) is 0 Å². The summed E-state index contributed by atoms with van der Waals surface area (Å²) < 4.78 is 34.8. The molecule has 0 unspecified atom stereocenters. The second-order valence-corrected chi connectivity index (χ2v) is 12.5. The normalized spacial score (nSPS) is 11.6. The number of nitrogens with zero attached hydrogens (tertiary/aromatic N) is 1. The average molecular weight is 578 g/mol. The van der Waals surface area contributed by atoms with Crippen LogP contribution in [0.1, 0.15) is 50.9 Å². The van der Waals surface area contributed by atoms with Crippen LogP contribution in [-0.2, 0) is 10.0 Å². The minimum Gasteiger partial charge on any atom is -0.456 e. The van der Waals surface area contributed by atoms with E-state index in [0.717, 1.165) is 12.8 Å². The number of halogens is 2. The lowest BCUT2D eigenvalue weighted by atomic mass is 10.1. The molecular formula is C29H34Cl2N2O4S. The van der Waals surface area contributed by atoms with Crippen LogP contribution in [0.15, 0.2) is 71.6 Å². The SMILES string of the molecule is CC(C)CCN(CCC(C)C)C(=O)c1cc(Cl)ccc1NS(=O)(=O)c1ccc(Oc2ccccc2Cl)cc1. The van der Waals surface area contributed by atoms with Crippen molar-refractivity contribution in [2.45, 2.75) is 45.4 Å². The van der Waals surface area contributed by atoms with Gasteiger partial charge in [-0.1, -0.05) is 63.0 Å². The van der Waals surface area contributed by atoms with E-state index < -0.39 is 10.0 Å². The highest BCUT2D eigenvalue weighted by Crippen LogP contribution is 2.30. The fourth-order valence-corrected chi connectivity index (χ4v) is 5.07. The molecule has 0 saturated carbocycles. The van der Waals surface area contributed by atoms with Crippen LogP contribution in [-0.4, -0.2) is 32.3 Å². The van der Waals surface area contributed by atoms with Crippen LogP contribution in [0.3, 0.4) is 0 Å². The minimum atomic E-state index is -4.00. The number of nitrogens with one attached hydrogen (secondary N) is 1. The number of carbonyl (C=O) groups is 1. The smallest absolute Gasteiger partial charge is 0.261 e. The van der Waals surface area contributed by atoms with Gasteiger partial charge in [-0.2, -0.15) is 0 Å². The summed E-state index contributed by atoms with van der Waals surface area (Å²) in [6.45, 7) is 9.58. The highest BCUT2D eigenvalue weighted by atomic mass is 35.5. The summed E-state index contributed by atoms with van der Waals surface area (Å²) in [7, 11) is -4.00. The Kier molecular flexibility index (Phi) is 10.5. The van der Waals surface area contributed by atoms with Crippen LogP contribution in [0.5, 0.6) is 11.5 Å². The van der Waals surface area contributed by atoms with Crippen LogP contribution in [0.4, 0.5) is 5.69 Å². The maximum absolute atomic E-state index is 13.6. The van der Waals surface area contributed by atoms with Gasteiger partial charge < -0.3 is 9.64 Å². The van der Waals surface area contributed by atoms with Gasteiger partial charge in [-0.05, 0) is 79.3 Å². The Balaban J connectivity index is 1.84. The Labute approximate surface area is 236 Å². The summed E-state index contributed by atoms with van der Waals surface area (Å²) in [4.78, 5) is 15.4. The van der Waals surface area contributed by atoms with Gasteiger partial charge >= 0.3 is 0 Å². The predicted octanol–water partition coefficient (Wildman–Crippen LogP) is 8.12. The van der Waals surface area contributed by atoms with Crippen molar-refractivity contribution in [1.82, 2.24) is 4.90 Å². The Morgan fingerprint density at radius 3 is 2.08 bits per heavy atom. The molecule has 0 atom stereocenters. The molecular weight excluding hydrogens is 543 g/mol. The fraction of sp³-hybridized carbons (Fsp3) is 0.345. The summed E-state index contributed by atoms with van der Waals surface area (Å²) in [5.74, 6) is 1.49. The van der Waals surface area contributed by atoms with Gasteiger partial charge in [0.2, 0.25) is 0 Å². The maximum Gasteiger partial charge on any atom is 0.261 e. The van der Waals surface area contributed by atoms with Crippen LogP contribution in [0.25, 0.3) is 0 Å². The fourth-order valence-electron chi connectivity index (χ4n) is 3.64. The standard InChI is InChI=1S/C29H34Cl2N2O4S/c1-20(2)15-17-33(18-16-21(3)4)29(34)25-19-22(30)9-14-27(25)32-38(35,36)24-12-10-23(11-13-24)37-28-8-6-5-7-26(28)31/h5-14,19-21,32H,15-18H2,1-4H3. The van der Waals surface area contributed by atoms with Gasteiger partial charge in [0, 0.05) is 18.1 Å². The second kappa shape index (κ2) is 13.4. The van der Waals surface area contributed by atoms with Gasteiger partial charge in [0.25, 0.3) is 15.9 Å². The minimum absolute atomic E-state index is 0.0221. The van der Waals surface area contributed by atoms with E-state index in [0.29, 0.717) is 46.5 Å². The third-order valence-electron chi connectivity index (χ3n) is 5.89. The predicted molar refractivity (Wildman–Crippen MR) is 155 cm³/mol. The lowest BCUT2D eigenvalue weighted by Crippen LogP contribution is -2.34. The zero-order valence-corrected chi connectivity index (χ0v) is 24.4. The average Bonchev–Trinajstić information content (AvgIpc) is 2.86. The summed E-state index contributed by atoms with van der Waals surface area (Å²) in [6, 6.07) is 17.6. The first-order valence-electron chi connectivity index (χ1n) is 12.6. The molecule has 0 aliphatic carbocycles. The monoisotopic (exact) mass is 576 g/mol. The van der Waals surface area contributed by atoms with E-state index in [1.165, 1.54) is 24.3 Å². The highest BCUT2D eigenvalue weighted by Gasteiger charge is 2.23. The Morgan fingerprint density at radius 1 is 0.895 bits per heavy atom. The van der Waals surface area contributed by atoms with E-state index in [2.05, 4.69) is 32.4 Å². The Hall–Kier alpha value is -2.74. The third-order valence-corrected chi connectivity index (χ3v) is 7.82. The maximum atomic E-state index is 13.6. The molecule has 3 aromatic carbocycles. The van der Waals surface area contributed by atoms with Crippen molar-refractivity contribution in [3.8, 4) is 11.5 Å². The topological polar surface area (TPSA) is 75.7 Å². The van der Waals surface area contributed by atoms with E-state index in [1.54, 1.807) is 47.4 Å². The summed E-state index contributed by atoms with van der Waals surface area (Å²) in [5.41, 5.74) is 0.391. The number of carbonyl (C=O) groups excluding carboxylic acids is 1. The summed E-state index contributed by atoms with van der Waals surface area (Å²) in [5, 5.41) is 0.798. The molecule has 204 valence electrons. The molecule has 0 saturated heterocycles. The summed E-state index contributed by atoms with van der Waals surface area (Å²) in [6.07, 6.45) is 1.68. The lowest BCUT2D eigenvalue weighted by Gasteiger charge is -2.26. The third kappa shape index (κ3) is 8.38. The van der Waals surface area contributed by atoms with Gasteiger partial charge in [-0.3, -0.25) is 9.52 Å². The van der Waals surface area contributed by atoms with Crippen molar-refractivity contribution in [2.24, 2.45) is 11.8 Å². The van der Waals surface area contributed by atoms with Gasteiger partial charge in [-0.15, -0.1) is 0 Å². The molecule has 0 aromatic heterocycles. The van der Waals surface area contributed by atoms with Gasteiger partial charge in [0.1, 0.15) is 11.5 Å². The number of hydrogen-bond acceptors (Lipinski definition) is 4. The Morgan fingerprint density at radius 2 is 1.50 bits per heavy atom. The van der Waals surface area contributed by atoms with Crippen molar-refractivity contribution in [3.05, 3.63) is 82.3 Å². The first kappa shape index (κ1) is 29.8. The molecule has 0 spiro atoms. The number of rotatable bonds is 12. The number of anilines is 1. The quantitative estimate of drug-likeness (QED) is 0.236. The number of sulfonamides is 1. The van der Waals surface area contributed by atoms with E-state index in [4.69, 9.17) is 27.9 Å². The number of benzene rings is 3. The number of para-hydroxylation sites is 1. The van der Waals surface area contributed by atoms with Crippen molar-refractivity contribution in [3.63, 3.8) is 0 Å². The molecule has 9 heteroatoms. The van der Waals surface area contributed by atoms with E-state index >= 15 is 0 Å².